The third-order valence-electron chi connectivity index (χ3n) is 2.20. The highest BCUT2D eigenvalue weighted by Crippen LogP contribution is 2.07. The van der Waals surface area contributed by atoms with E-state index in [9.17, 15) is 4.79 Å². The lowest BCUT2D eigenvalue weighted by Gasteiger charge is -2.18. The summed E-state index contributed by atoms with van der Waals surface area (Å²) >= 11 is 0. The Morgan fingerprint density at radius 2 is 2.14 bits per heavy atom. The van der Waals surface area contributed by atoms with Gasteiger partial charge in [0.2, 0.25) is 6.61 Å². The number of hydrogen-bond donors (Lipinski definition) is 0. The number of nitrogens with zero attached hydrogens (tertiary/aromatic N) is 4. The number of rotatable bonds is 8. The Morgan fingerprint density at radius 3 is 2.68 bits per heavy atom. The van der Waals surface area contributed by atoms with Crippen LogP contribution in [0.2, 0.25) is 0 Å². The molecule has 0 aliphatic rings. The first-order valence-electron chi connectivity index (χ1n) is 6.87. The zero-order valence-corrected chi connectivity index (χ0v) is 13.4. The smallest absolute Gasteiger partial charge is 0.347 e. The SMILES string of the molecule is C=C(OCC)/C(Cn1cncn1)=N\OCC(=O)OC(C)(C)C. The molecule has 1 heterocycles. The van der Waals surface area contributed by atoms with E-state index < -0.39 is 11.6 Å². The van der Waals surface area contributed by atoms with E-state index in [-0.39, 0.29) is 13.2 Å². The van der Waals surface area contributed by atoms with Gasteiger partial charge in [-0.3, -0.25) is 0 Å². The van der Waals surface area contributed by atoms with Crippen LogP contribution < -0.4 is 0 Å². The third kappa shape index (κ3) is 6.87. The monoisotopic (exact) mass is 310 g/mol. The summed E-state index contributed by atoms with van der Waals surface area (Å²) in [4.78, 5) is 20.4. The summed E-state index contributed by atoms with van der Waals surface area (Å²) in [6.07, 6.45) is 2.94. The molecule has 0 N–H and O–H groups in total. The van der Waals surface area contributed by atoms with Crippen LogP contribution in [0.25, 0.3) is 0 Å². The minimum absolute atomic E-state index is 0.271. The molecule has 1 rings (SSSR count). The van der Waals surface area contributed by atoms with Gasteiger partial charge in [-0.1, -0.05) is 11.7 Å². The molecule has 0 radical (unpaired) electrons. The molecule has 0 amide bonds. The molecule has 0 bridgehead atoms. The predicted molar refractivity (Wildman–Crippen MR) is 80.0 cm³/mol. The van der Waals surface area contributed by atoms with E-state index in [2.05, 4.69) is 21.8 Å². The van der Waals surface area contributed by atoms with Crippen LogP contribution in [-0.4, -0.2) is 45.3 Å². The molecule has 0 aliphatic heterocycles. The van der Waals surface area contributed by atoms with E-state index in [4.69, 9.17) is 14.3 Å². The van der Waals surface area contributed by atoms with Crippen LogP contribution >= 0.6 is 0 Å². The summed E-state index contributed by atoms with van der Waals surface area (Å²) in [6.45, 7) is 11.4. The Balaban J connectivity index is 2.62. The van der Waals surface area contributed by atoms with Gasteiger partial charge < -0.3 is 14.3 Å². The molecule has 0 aliphatic carbocycles. The maximum atomic E-state index is 11.6. The number of oxime groups is 1. The van der Waals surface area contributed by atoms with Crippen LogP contribution in [0.5, 0.6) is 0 Å². The summed E-state index contributed by atoms with van der Waals surface area (Å²) in [6, 6.07) is 0. The number of hydrogen-bond acceptors (Lipinski definition) is 7. The number of esters is 1. The van der Waals surface area contributed by atoms with Crippen molar-refractivity contribution in [2.24, 2.45) is 5.16 Å². The van der Waals surface area contributed by atoms with Gasteiger partial charge in [0, 0.05) is 0 Å². The number of ether oxygens (including phenoxy) is 2. The minimum Gasteiger partial charge on any atom is -0.492 e. The Hall–Kier alpha value is -2.38. The highest BCUT2D eigenvalue weighted by Gasteiger charge is 2.17. The zero-order valence-electron chi connectivity index (χ0n) is 13.4. The zero-order chi connectivity index (χ0) is 16.6. The molecule has 1 aromatic rings. The Kier molecular flexibility index (Phi) is 6.55. The third-order valence-corrected chi connectivity index (χ3v) is 2.20. The van der Waals surface area contributed by atoms with Crippen molar-refractivity contribution in [1.82, 2.24) is 14.8 Å². The second-order valence-corrected chi connectivity index (χ2v) is 5.35. The molecule has 0 atom stereocenters. The highest BCUT2D eigenvalue weighted by molar-refractivity contribution is 5.97. The van der Waals surface area contributed by atoms with Gasteiger partial charge in [-0.05, 0) is 27.7 Å². The van der Waals surface area contributed by atoms with Crippen LogP contribution in [-0.2, 0) is 25.7 Å². The lowest BCUT2D eigenvalue weighted by molar-refractivity contribution is -0.160. The summed E-state index contributed by atoms with van der Waals surface area (Å²) in [5.41, 5.74) is -0.154. The highest BCUT2D eigenvalue weighted by atomic mass is 16.7. The fraction of sp³-hybridized carbons (Fsp3) is 0.571. The van der Waals surface area contributed by atoms with E-state index in [1.807, 2.05) is 6.92 Å². The van der Waals surface area contributed by atoms with Crippen LogP contribution in [0.3, 0.4) is 0 Å². The molecule has 22 heavy (non-hydrogen) atoms. The largest absolute Gasteiger partial charge is 0.492 e. The summed E-state index contributed by atoms with van der Waals surface area (Å²) < 4.78 is 12.0. The normalized spacial score (nSPS) is 11.9. The van der Waals surface area contributed by atoms with Crippen LogP contribution in [0.1, 0.15) is 27.7 Å². The van der Waals surface area contributed by atoms with Gasteiger partial charge >= 0.3 is 5.97 Å². The van der Waals surface area contributed by atoms with Crippen molar-refractivity contribution in [3.63, 3.8) is 0 Å². The molecule has 0 spiro atoms. The second kappa shape index (κ2) is 8.16. The number of aromatic nitrogens is 3. The molecule has 0 fully saturated rings. The van der Waals surface area contributed by atoms with Crippen molar-refractivity contribution in [3.05, 3.63) is 25.0 Å². The van der Waals surface area contributed by atoms with Gasteiger partial charge in [0.15, 0.2) is 0 Å². The predicted octanol–water partition coefficient (Wildman–Crippen LogP) is 1.54. The van der Waals surface area contributed by atoms with Crippen molar-refractivity contribution >= 4 is 11.7 Å². The van der Waals surface area contributed by atoms with E-state index >= 15 is 0 Å². The van der Waals surface area contributed by atoms with Crippen molar-refractivity contribution in [2.45, 2.75) is 39.8 Å². The minimum atomic E-state index is -0.567. The van der Waals surface area contributed by atoms with Gasteiger partial charge in [-0.2, -0.15) is 5.10 Å². The molecule has 8 heteroatoms. The average molecular weight is 310 g/mol. The molecule has 8 nitrogen and oxygen atoms in total. The van der Waals surface area contributed by atoms with Gasteiger partial charge in [0.05, 0.1) is 13.2 Å². The first kappa shape index (κ1) is 17.7. The molecule has 0 unspecified atom stereocenters. The molecule has 0 saturated heterocycles. The number of carbonyl (C=O) groups excluding carboxylic acids is 1. The van der Waals surface area contributed by atoms with Crippen LogP contribution in [0.4, 0.5) is 0 Å². The standard InChI is InChI=1S/C14H22N4O4/c1-6-20-11(2)12(7-18-10-15-9-16-18)17-21-8-13(19)22-14(3,4)5/h9-10H,2,6-8H2,1,3-5H3/b17-12-. The van der Waals surface area contributed by atoms with Gasteiger partial charge in [0.25, 0.3) is 0 Å². The molecule has 1 aromatic heterocycles. The lowest BCUT2D eigenvalue weighted by atomic mass is 10.2. The molecule has 122 valence electrons. The van der Waals surface area contributed by atoms with Crippen LogP contribution in [0.15, 0.2) is 30.1 Å². The first-order valence-corrected chi connectivity index (χ1v) is 6.87. The molecule has 0 aromatic carbocycles. The van der Waals surface area contributed by atoms with Crippen molar-refractivity contribution in [1.29, 1.82) is 0 Å². The first-order chi connectivity index (χ1) is 10.3. The Bertz CT molecular complexity index is 517. The Morgan fingerprint density at radius 1 is 1.41 bits per heavy atom. The fourth-order valence-electron chi connectivity index (χ4n) is 1.43. The van der Waals surface area contributed by atoms with E-state index in [0.29, 0.717) is 18.1 Å². The van der Waals surface area contributed by atoms with E-state index in [1.54, 1.807) is 25.5 Å². The molecular weight excluding hydrogens is 288 g/mol. The quantitative estimate of drug-likeness (QED) is 0.313. The van der Waals surface area contributed by atoms with E-state index in [0.717, 1.165) is 0 Å². The van der Waals surface area contributed by atoms with Crippen LogP contribution in [0, 0.1) is 0 Å². The maximum absolute atomic E-state index is 11.6. The van der Waals surface area contributed by atoms with Crippen molar-refractivity contribution in [2.75, 3.05) is 13.2 Å². The van der Waals surface area contributed by atoms with Crippen molar-refractivity contribution < 1.29 is 19.1 Å². The van der Waals surface area contributed by atoms with Gasteiger partial charge in [0.1, 0.15) is 29.7 Å². The summed E-state index contributed by atoms with van der Waals surface area (Å²) in [5, 5.41) is 7.86. The molecular formula is C14H22N4O4. The molecule has 0 saturated carbocycles. The Labute approximate surface area is 129 Å². The van der Waals surface area contributed by atoms with Crippen molar-refractivity contribution in [3.8, 4) is 0 Å². The number of allylic oxidation sites excluding steroid dienone is 1. The summed E-state index contributed by atoms with van der Waals surface area (Å²) in [7, 11) is 0. The van der Waals surface area contributed by atoms with Gasteiger partial charge in [-0.15, -0.1) is 0 Å². The lowest BCUT2D eigenvalue weighted by Crippen LogP contribution is -2.26. The second-order valence-electron chi connectivity index (χ2n) is 5.35. The average Bonchev–Trinajstić information content (AvgIpc) is 2.88. The number of carbonyl (C=O) groups is 1. The van der Waals surface area contributed by atoms with Gasteiger partial charge in [-0.25, -0.2) is 14.5 Å². The fourth-order valence-corrected chi connectivity index (χ4v) is 1.43. The maximum Gasteiger partial charge on any atom is 0.347 e. The van der Waals surface area contributed by atoms with E-state index in [1.165, 1.54) is 12.7 Å². The summed E-state index contributed by atoms with van der Waals surface area (Å²) in [5.74, 6) is -0.152. The topological polar surface area (TPSA) is 87.8 Å².